The minimum atomic E-state index is -1.06. The molecule has 0 spiro atoms. The molecule has 1 aliphatic heterocycles. The molecule has 1 aromatic carbocycles. The van der Waals surface area contributed by atoms with Crippen molar-refractivity contribution >= 4 is 11.8 Å². The van der Waals surface area contributed by atoms with E-state index in [0.29, 0.717) is 5.70 Å². The van der Waals surface area contributed by atoms with E-state index in [4.69, 9.17) is 5.73 Å². The van der Waals surface area contributed by atoms with Gasteiger partial charge in [-0.05, 0) is 24.5 Å². The molecule has 0 bridgehead atoms. The molecule has 0 aliphatic carbocycles. The number of benzene rings is 1. The molecule has 2 rings (SSSR count). The van der Waals surface area contributed by atoms with Crippen LogP contribution in [0, 0.1) is 5.92 Å². The summed E-state index contributed by atoms with van der Waals surface area (Å²) in [5.74, 6) is -0.798. The van der Waals surface area contributed by atoms with Crippen LogP contribution in [-0.4, -0.2) is 29.4 Å². The summed E-state index contributed by atoms with van der Waals surface area (Å²) in [6.07, 6.45) is 2.42. The predicted octanol–water partition coefficient (Wildman–Crippen LogP) is 1.47. The molecule has 1 aromatic rings. The smallest absolute Gasteiger partial charge is 0.268 e. The number of nitrogens with zero attached hydrogens (tertiary/aromatic N) is 1. The molecule has 130 valence electrons. The van der Waals surface area contributed by atoms with Crippen LogP contribution in [0.5, 0.6) is 0 Å². The molecular weight excluding hydrogens is 304 g/mol. The minimum Gasteiger partial charge on any atom is -0.368 e. The maximum absolute atomic E-state index is 12.5. The van der Waals surface area contributed by atoms with Crippen LogP contribution in [0.4, 0.5) is 0 Å². The molecule has 0 radical (unpaired) electrons. The lowest BCUT2D eigenvalue weighted by atomic mass is 9.81. The topological polar surface area (TPSA) is 87.5 Å². The van der Waals surface area contributed by atoms with E-state index in [-0.39, 0.29) is 17.9 Å². The first-order valence-corrected chi connectivity index (χ1v) is 8.24. The molecule has 2 amide bonds. The van der Waals surface area contributed by atoms with Crippen molar-refractivity contribution in [1.82, 2.24) is 15.8 Å². The summed E-state index contributed by atoms with van der Waals surface area (Å²) in [5, 5.41) is 4.40. The first kappa shape index (κ1) is 18.0. The van der Waals surface area contributed by atoms with Crippen molar-refractivity contribution in [3.8, 4) is 0 Å². The molecule has 1 unspecified atom stereocenters. The average Bonchev–Trinajstić information content (AvgIpc) is 3.02. The molecule has 24 heavy (non-hydrogen) atoms. The molecule has 1 aliphatic rings. The van der Waals surface area contributed by atoms with Gasteiger partial charge in [-0.2, -0.15) is 5.01 Å². The zero-order valence-corrected chi connectivity index (χ0v) is 14.7. The van der Waals surface area contributed by atoms with Crippen molar-refractivity contribution in [2.75, 3.05) is 7.05 Å². The molecule has 1 heterocycles. The number of hydrogen-bond acceptors (Lipinski definition) is 4. The lowest BCUT2D eigenvalue weighted by Crippen LogP contribution is -2.61. The third-order valence-electron chi connectivity index (χ3n) is 4.90. The number of amides is 2. The molecule has 0 aromatic heterocycles. The lowest BCUT2D eigenvalue weighted by molar-refractivity contribution is -0.133. The largest absolute Gasteiger partial charge is 0.368 e. The first-order chi connectivity index (χ1) is 11.4. The summed E-state index contributed by atoms with van der Waals surface area (Å²) < 4.78 is 0. The van der Waals surface area contributed by atoms with Gasteiger partial charge in [-0.1, -0.05) is 50.6 Å². The predicted molar refractivity (Wildman–Crippen MR) is 93.4 cm³/mol. The van der Waals surface area contributed by atoms with E-state index < -0.39 is 11.4 Å². The Balaban J connectivity index is 2.52. The summed E-state index contributed by atoms with van der Waals surface area (Å²) in [4.78, 5) is 24.6. The normalized spacial score (nSPS) is 23.1. The monoisotopic (exact) mass is 330 g/mol. The molecule has 0 saturated heterocycles. The number of nitrogens with one attached hydrogen (secondary N) is 2. The average molecular weight is 330 g/mol. The van der Waals surface area contributed by atoms with Gasteiger partial charge in [0.15, 0.2) is 0 Å². The van der Waals surface area contributed by atoms with Crippen LogP contribution in [0.1, 0.15) is 38.8 Å². The standard InChI is InChI=1S/C18H26N4O2/c1-5-12(2)18(17(19)24)11-15(16(23)20-4)21-22(18)13(3)14-9-7-6-8-10-14/h6-13,21H,5H2,1-4H3,(H2,19,24)(H,20,23)/t12-,13-,18?/m0/s1. The highest BCUT2D eigenvalue weighted by Gasteiger charge is 2.52. The Morgan fingerprint density at radius 1 is 1.29 bits per heavy atom. The lowest BCUT2D eigenvalue weighted by Gasteiger charge is -2.42. The Hall–Kier alpha value is -2.34. The second-order valence-electron chi connectivity index (χ2n) is 6.20. The van der Waals surface area contributed by atoms with Crippen LogP contribution < -0.4 is 16.5 Å². The van der Waals surface area contributed by atoms with Crippen LogP contribution >= 0.6 is 0 Å². The number of carbonyl (C=O) groups excluding carboxylic acids is 2. The van der Waals surface area contributed by atoms with E-state index >= 15 is 0 Å². The van der Waals surface area contributed by atoms with Crippen LogP contribution in [0.3, 0.4) is 0 Å². The molecular formula is C18H26N4O2. The van der Waals surface area contributed by atoms with Crippen LogP contribution in [-0.2, 0) is 9.59 Å². The van der Waals surface area contributed by atoms with Gasteiger partial charge in [0.1, 0.15) is 11.2 Å². The number of likely N-dealkylation sites (N-methyl/N-ethyl adjacent to an activating group) is 1. The van der Waals surface area contributed by atoms with Crippen molar-refractivity contribution in [1.29, 1.82) is 0 Å². The zero-order chi connectivity index (χ0) is 17.9. The summed E-state index contributed by atoms with van der Waals surface area (Å²) in [5.41, 5.74) is 9.25. The number of hydrogen-bond donors (Lipinski definition) is 3. The number of nitrogens with two attached hydrogens (primary N) is 1. The third-order valence-corrected chi connectivity index (χ3v) is 4.90. The van der Waals surface area contributed by atoms with E-state index in [1.165, 1.54) is 0 Å². The van der Waals surface area contributed by atoms with Gasteiger partial charge in [0.2, 0.25) is 5.91 Å². The summed E-state index contributed by atoms with van der Waals surface area (Å²) >= 11 is 0. The highest BCUT2D eigenvalue weighted by atomic mass is 16.2. The summed E-state index contributed by atoms with van der Waals surface area (Å²) in [6.45, 7) is 5.97. The van der Waals surface area contributed by atoms with E-state index in [2.05, 4.69) is 10.7 Å². The fourth-order valence-electron chi connectivity index (χ4n) is 3.22. The van der Waals surface area contributed by atoms with Crippen LogP contribution in [0.15, 0.2) is 42.1 Å². The molecule has 4 N–H and O–H groups in total. The second-order valence-corrected chi connectivity index (χ2v) is 6.20. The molecule has 6 heteroatoms. The Kier molecular flexibility index (Phi) is 5.29. The third kappa shape index (κ3) is 2.89. The fraction of sp³-hybridized carbons (Fsp3) is 0.444. The van der Waals surface area contributed by atoms with Gasteiger partial charge in [-0.25, -0.2) is 0 Å². The van der Waals surface area contributed by atoms with Gasteiger partial charge in [-0.3, -0.25) is 9.59 Å². The second kappa shape index (κ2) is 7.05. The van der Waals surface area contributed by atoms with Crippen molar-refractivity contribution in [2.45, 2.75) is 38.8 Å². The number of rotatable bonds is 6. The van der Waals surface area contributed by atoms with Crippen molar-refractivity contribution in [2.24, 2.45) is 11.7 Å². The Morgan fingerprint density at radius 3 is 2.42 bits per heavy atom. The van der Waals surface area contributed by atoms with E-state index in [1.807, 2.05) is 56.1 Å². The van der Waals surface area contributed by atoms with Crippen LogP contribution in [0.25, 0.3) is 0 Å². The van der Waals surface area contributed by atoms with Gasteiger partial charge in [-0.15, -0.1) is 0 Å². The van der Waals surface area contributed by atoms with Gasteiger partial charge >= 0.3 is 0 Å². The van der Waals surface area contributed by atoms with Gasteiger partial charge in [0, 0.05) is 7.05 Å². The minimum absolute atomic E-state index is 0.0594. The first-order valence-electron chi connectivity index (χ1n) is 8.24. The van der Waals surface area contributed by atoms with E-state index in [1.54, 1.807) is 13.1 Å². The van der Waals surface area contributed by atoms with Crippen molar-refractivity contribution < 1.29 is 9.59 Å². The molecule has 6 nitrogen and oxygen atoms in total. The summed E-state index contributed by atoms with van der Waals surface area (Å²) in [7, 11) is 1.56. The Bertz CT molecular complexity index is 644. The molecule has 0 saturated carbocycles. The number of hydrazine groups is 1. The molecule has 3 atom stereocenters. The maximum Gasteiger partial charge on any atom is 0.268 e. The van der Waals surface area contributed by atoms with Crippen molar-refractivity contribution in [3.63, 3.8) is 0 Å². The fourth-order valence-corrected chi connectivity index (χ4v) is 3.22. The SMILES string of the molecule is CC[C@H](C)C1(C(N)=O)C=C(C(=O)NC)NN1[C@@H](C)c1ccccc1. The number of primary amides is 1. The highest BCUT2D eigenvalue weighted by molar-refractivity contribution is 5.97. The van der Waals surface area contributed by atoms with Gasteiger partial charge in [0.05, 0.1) is 6.04 Å². The zero-order valence-electron chi connectivity index (χ0n) is 14.7. The highest BCUT2D eigenvalue weighted by Crippen LogP contribution is 2.38. The maximum atomic E-state index is 12.5. The van der Waals surface area contributed by atoms with Gasteiger partial charge in [0.25, 0.3) is 5.91 Å². The Labute approximate surface area is 143 Å². The quantitative estimate of drug-likeness (QED) is 0.737. The van der Waals surface area contributed by atoms with E-state index in [9.17, 15) is 9.59 Å². The summed E-state index contributed by atoms with van der Waals surface area (Å²) in [6, 6.07) is 9.68. The number of carbonyl (C=O) groups is 2. The van der Waals surface area contributed by atoms with Gasteiger partial charge < -0.3 is 16.5 Å². The van der Waals surface area contributed by atoms with E-state index in [0.717, 1.165) is 12.0 Å². The van der Waals surface area contributed by atoms with Crippen molar-refractivity contribution in [3.05, 3.63) is 47.7 Å². The Morgan fingerprint density at radius 2 is 1.92 bits per heavy atom. The van der Waals surface area contributed by atoms with Crippen LogP contribution in [0.2, 0.25) is 0 Å². The molecule has 0 fully saturated rings.